The van der Waals surface area contributed by atoms with Gasteiger partial charge in [0, 0.05) is 43.3 Å². The van der Waals surface area contributed by atoms with Crippen molar-refractivity contribution in [3.8, 4) is 17.1 Å². The highest BCUT2D eigenvalue weighted by atomic mass is 16.5. The fourth-order valence-electron chi connectivity index (χ4n) is 3.83. The number of hydrogen-bond acceptors (Lipinski definition) is 6. The second kappa shape index (κ2) is 7.82. The Hall–Kier alpha value is -3.35. The number of piperazine rings is 1. The minimum absolute atomic E-state index is 0.0195. The van der Waals surface area contributed by atoms with Crippen molar-refractivity contribution in [1.82, 2.24) is 15.0 Å². The lowest BCUT2D eigenvalue weighted by Crippen LogP contribution is -2.48. The highest BCUT2D eigenvalue weighted by molar-refractivity contribution is 5.97. The number of anilines is 1. The maximum Gasteiger partial charge on any atom is 0.257 e. The summed E-state index contributed by atoms with van der Waals surface area (Å²) in [6.45, 7) is 2.92. The predicted molar refractivity (Wildman–Crippen MR) is 113 cm³/mol. The first-order valence-corrected chi connectivity index (χ1v) is 10.3. The molecule has 1 saturated heterocycles. The molecular formula is C23H24N4O3. The van der Waals surface area contributed by atoms with E-state index in [2.05, 4.69) is 27.2 Å². The minimum Gasteiger partial charge on any atom is -0.496 e. The summed E-state index contributed by atoms with van der Waals surface area (Å²) in [6, 6.07) is 15.6. The number of aromatic nitrogens is 2. The lowest BCUT2D eigenvalue weighted by Gasteiger charge is -2.36. The van der Waals surface area contributed by atoms with Crippen LogP contribution in [0.2, 0.25) is 0 Å². The molecule has 5 rings (SSSR count). The molecule has 7 heteroatoms. The van der Waals surface area contributed by atoms with Gasteiger partial charge in [-0.15, -0.1) is 0 Å². The van der Waals surface area contributed by atoms with E-state index >= 15 is 0 Å². The number of para-hydroxylation sites is 1. The number of benzene rings is 2. The van der Waals surface area contributed by atoms with Crippen molar-refractivity contribution in [1.29, 1.82) is 0 Å². The number of carbonyl (C=O) groups excluding carboxylic acids is 1. The van der Waals surface area contributed by atoms with Crippen molar-refractivity contribution in [3.05, 3.63) is 60.0 Å². The SMILES string of the molecule is COc1ccccc1C(=O)N1CCN(c2ccc(-c3noc(C4CC4)n3)cc2)CC1. The van der Waals surface area contributed by atoms with Gasteiger partial charge in [-0.05, 0) is 49.2 Å². The molecule has 2 aromatic carbocycles. The first kappa shape index (κ1) is 18.7. The smallest absolute Gasteiger partial charge is 0.257 e. The summed E-state index contributed by atoms with van der Waals surface area (Å²) in [6.07, 6.45) is 2.29. The molecule has 2 aliphatic rings. The lowest BCUT2D eigenvalue weighted by atomic mass is 10.1. The number of nitrogens with zero attached hydrogens (tertiary/aromatic N) is 4. The molecule has 154 valence electrons. The van der Waals surface area contributed by atoms with Gasteiger partial charge in [-0.25, -0.2) is 0 Å². The molecule has 0 atom stereocenters. The van der Waals surface area contributed by atoms with Crippen molar-refractivity contribution in [2.75, 3.05) is 38.2 Å². The highest BCUT2D eigenvalue weighted by Crippen LogP contribution is 2.39. The third-order valence-corrected chi connectivity index (χ3v) is 5.76. The van der Waals surface area contributed by atoms with E-state index in [1.165, 1.54) is 0 Å². The zero-order chi connectivity index (χ0) is 20.5. The molecule has 3 aromatic rings. The molecule has 0 N–H and O–H groups in total. The normalized spacial score (nSPS) is 16.6. The van der Waals surface area contributed by atoms with Crippen molar-refractivity contribution in [3.63, 3.8) is 0 Å². The van der Waals surface area contributed by atoms with Crippen LogP contribution in [-0.2, 0) is 0 Å². The number of hydrogen-bond donors (Lipinski definition) is 0. The third-order valence-electron chi connectivity index (χ3n) is 5.76. The summed E-state index contributed by atoms with van der Waals surface area (Å²) >= 11 is 0. The molecule has 2 heterocycles. The van der Waals surface area contributed by atoms with Crippen molar-refractivity contribution in [2.45, 2.75) is 18.8 Å². The zero-order valence-corrected chi connectivity index (χ0v) is 17.0. The largest absolute Gasteiger partial charge is 0.496 e. The Balaban J connectivity index is 1.22. The topological polar surface area (TPSA) is 71.7 Å². The monoisotopic (exact) mass is 404 g/mol. The second-order valence-electron chi connectivity index (χ2n) is 7.76. The first-order chi connectivity index (χ1) is 14.7. The van der Waals surface area contributed by atoms with Crippen LogP contribution in [0.1, 0.15) is 35.0 Å². The van der Waals surface area contributed by atoms with Crippen molar-refractivity contribution in [2.24, 2.45) is 0 Å². The van der Waals surface area contributed by atoms with Crippen LogP contribution in [0.3, 0.4) is 0 Å². The van der Waals surface area contributed by atoms with Crippen LogP contribution in [0.15, 0.2) is 53.1 Å². The quantitative estimate of drug-likeness (QED) is 0.647. The molecule has 0 unspecified atom stereocenters. The van der Waals surface area contributed by atoms with Crippen molar-refractivity contribution < 1.29 is 14.1 Å². The van der Waals surface area contributed by atoms with Gasteiger partial charge in [-0.3, -0.25) is 4.79 Å². The molecule has 0 radical (unpaired) electrons. The standard InChI is InChI=1S/C23H24N4O3/c1-29-20-5-3-2-4-19(20)23(28)27-14-12-26(13-15-27)18-10-8-16(9-11-18)21-24-22(30-25-21)17-6-7-17/h2-5,8-11,17H,6-7,12-15H2,1H3. The summed E-state index contributed by atoms with van der Waals surface area (Å²) in [5.74, 6) is 2.50. The van der Waals surface area contributed by atoms with E-state index in [0.29, 0.717) is 36.1 Å². The minimum atomic E-state index is 0.0195. The van der Waals surface area contributed by atoms with Crippen LogP contribution >= 0.6 is 0 Å². The van der Waals surface area contributed by atoms with Gasteiger partial charge in [-0.1, -0.05) is 17.3 Å². The van der Waals surface area contributed by atoms with Crippen LogP contribution in [0.25, 0.3) is 11.4 Å². The van der Waals surface area contributed by atoms with Crippen LogP contribution in [-0.4, -0.2) is 54.2 Å². The van der Waals surface area contributed by atoms with E-state index < -0.39 is 0 Å². The van der Waals surface area contributed by atoms with Gasteiger partial charge in [0.1, 0.15) is 5.75 Å². The van der Waals surface area contributed by atoms with Crippen LogP contribution < -0.4 is 9.64 Å². The molecule has 30 heavy (non-hydrogen) atoms. The maximum atomic E-state index is 12.9. The van der Waals surface area contributed by atoms with Gasteiger partial charge in [0.15, 0.2) is 0 Å². The van der Waals surface area contributed by atoms with Gasteiger partial charge in [0.05, 0.1) is 12.7 Å². The summed E-state index contributed by atoms with van der Waals surface area (Å²) in [4.78, 5) is 21.6. The third kappa shape index (κ3) is 3.63. The summed E-state index contributed by atoms with van der Waals surface area (Å²) in [7, 11) is 1.59. The summed E-state index contributed by atoms with van der Waals surface area (Å²) < 4.78 is 10.7. The van der Waals surface area contributed by atoms with Crippen molar-refractivity contribution >= 4 is 11.6 Å². The first-order valence-electron chi connectivity index (χ1n) is 10.3. The Labute approximate surface area is 175 Å². The number of ether oxygens (including phenoxy) is 1. The summed E-state index contributed by atoms with van der Waals surface area (Å²) in [5.41, 5.74) is 2.71. The fraction of sp³-hybridized carbons (Fsp3) is 0.348. The molecule has 1 aromatic heterocycles. The van der Waals surface area contributed by atoms with E-state index in [0.717, 1.165) is 43.1 Å². The maximum absolute atomic E-state index is 12.9. The van der Waals surface area contributed by atoms with E-state index in [4.69, 9.17) is 9.26 Å². The van der Waals surface area contributed by atoms with Crippen LogP contribution in [0, 0.1) is 0 Å². The molecular weight excluding hydrogens is 380 g/mol. The second-order valence-corrected chi connectivity index (χ2v) is 7.76. The average molecular weight is 404 g/mol. The van der Waals surface area contributed by atoms with Gasteiger partial charge >= 0.3 is 0 Å². The lowest BCUT2D eigenvalue weighted by molar-refractivity contribution is 0.0743. The predicted octanol–water partition coefficient (Wildman–Crippen LogP) is 3.59. The molecule has 2 fully saturated rings. The van der Waals surface area contributed by atoms with E-state index in [1.807, 2.05) is 41.3 Å². The van der Waals surface area contributed by atoms with Gasteiger partial charge in [0.25, 0.3) is 5.91 Å². The Kier molecular flexibility index (Phi) is 4.86. The fourth-order valence-corrected chi connectivity index (χ4v) is 3.83. The van der Waals surface area contributed by atoms with Gasteiger partial charge < -0.3 is 19.1 Å². The summed E-state index contributed by atoms with van der Waals surface area (Å²) in [5, 5.41) is 4.11. The number of carbonyl (C=O) groups is 1. The van der Waals surface area contributed by atoms with E-state index in [1.54, 1.807) is 7.11 Å². The van der Waals surface area contributed by atoms with Crippen LogP contribution in [0.4, 0.5) is 5.69 Å². The Bertz CT molecular complexity index is 1030. The Morgan fingerprint density at radius 3 is 2.47 bits per heavy atom. The van der Waals surface area contributed by atoms with E-state index in [9.17, 15) is 4.79 Å². The molecule has 1 aliphatic carbocycles. The molecule has 1 saturated carbocycles. The Morgan fingerprint density at radius 2 is 1.77 bits per heavy atom. The molecule has 0 spiro atoms. The van der Waals surface area contributed by atoms with Crippen LogP contribution in [0.5, 0.6) is 5.75 Å². The molecule has 7 nitrogen and oxygen atoms in total. The molecule has 0 bridgehead atoms. The number of amides is 1. The molecule has 1 amide bonds. The zero-order valence-electron chi connectivity index (χ0n) is 17.0. The molecule has 1 aliphatic heterocycles. The van der Waals surface area contributed by atoms with Gasteiger partial charge in [0.2, 0.25) is 11.7 Å². The van der Waals surface area contributed by atoms with Gasteiger partial charge in [-0.2, -0.15) is 4.98 Å². The highest BCUT2D eigenvalue weighted by Gasteiger charge is 2.30. The Morgan fingerprint density at radius 1 is 1.03 bits per heavy atom. The average Bonchev–Trinajstić information content (AvgIpc) is 3.55. The number of rotatable bonds is 5. The van der Waals surface area contributed by atoms with E-state index in [-0.39, 0.29) is 5.91 Å². The number of methoxy groups -OCH3 is 1.